The predicted octanol–water partition coefficient (Wildman–Crippen LogP) is 3.34. The summed E-state index contributed by atoms with van der Waals surface area (Å²) in [7, 11) is 0. The van der Waals surface area contributed by atoms with Crippen LogP contribution in [0.25, 0.3) is 0 Å². The SMILES string of the molecule is CCNC(=NCc1ccn[nH]1)NCCc1ccc(C(F)(F)F)cc1.I. The summed E-state index contributed by atoms with van der Waals surface area (Å²) < 4.78 is 37.6. The molecular weight excluding hydrogens is 446 g/mol. The van der Waals surface area contributed by atoms with E-state index in [2.05, 4.69) is 25.8 Å². The molecule has 0 fully saturated rings. The van der Waals surface area contributed by atoms with Crippen LogP contribution in [0.5, 0.6) is 0 Å². The van der Waals surface area contributed by atoms with Crippen LogP contribution in [0.15, 0.2) is 41.5 Å². The third-order valence-corrected chi connectivity index (χ3v) is 3.30. The van der Waals surface area contributed by atoms with Gasteiger partial charge in [-0.15, -0.1) is 24.0 Å². The van der Waals surface area contributed by atoms with Crippen LogP contribution in [-0.2, 0) is 19.1 Å². The van der Waals surface area contributed by atoms with Gasteiger partial charge in [0, 0.05) is 19.3 Å². The Morgan fingerprint density at radius 1 is 1.16 bits per heavy atom. The zero-order chi connectivity index (χ0) is 17.4. The average molecular weight is 467 g/mol. The Kier molecular flexibility index (Phi) is 8.73. The Bertz CT molecular complexity index is 639. The van der Waals surface area contributed by atoms with Crippen LogP contribution < -0.4 is 10.6 Å². The number of alkyl halides is 3. The molecule has 0 atom stereocenters. The second-order valence-corrected chi connectivity index (χ2v) is 5.15. The Balaban J connectivity index is 0.00000312. The fourth-order valence-electron chi connectivity index (χ4n) is 2.06. The summed E-state index contributed by atoms with van der Waals surface area (Å²) in [6.07, 6.45) is -2.03. The number of nitrogens with one attached hydrogen (secondary N) is 3. The summed E-state index contributed by atoms with van der Waals surface area (Å²) in [6, 6.07) is 7.05. The number of aromatic nitrogens is 2. The number of hydrogen-bond donors (Lipinski definition) is 3. The maximum Gasteiger partial charge on any atom is 0.416 e. The molecule has 0 aliphatic rings. The van der Waals surface area contributed by atoms with Crippen molar-refractivity contribution in [2.45, 2.75) is 26.1 Å². The quantitative estimate of drug-likeness (QED) is 0.347. The number of halogens is 4. The van der Waals surface area contributed by atoms with Crippen molar-refractivity contribution in [1.82, 2.24) is 20.8 Å². The molecule has 0 spiro atoms. The number of aliphatic imine (C=N–C) groups is 1. The topological polar surface area (TPSA) is 65.1 Å². The molecule has 2 rings (SSSR count). The molecule has 138 valence electrons. The van der Waals surface area contributed by atoms with Gasteiger partial charge in [0.15, 0.2) is 5.96 Å². The largest absolute Gasteiger partial charge is 0.416 e. The first-order chi connectivity index (χ1) is 11.5. The van der Waals surface area contributed by atoms with Gasteiger partial charge < -0.3 is 10.6 Å². The van der Waals surface area contributed by atoms with Crippen LogP contribution in [0.4, 0.5) is 13.2 Å². The van der Waals surface area contributed by atoms with E-state index in [1.165, 1.54) is 12.1 Å². The number of hydrogen-bond acceptors (Lipinski definition) is 2. The molecule has 3 N–H and O–H groups in total. The van der Waals surface area contributed by atoms with Crippen molar-refractivity contribution in [2.24, 2.45) is 4.99 Å². The highest BCUT2D eigenvalue weighted by atomic mass is 127. The van der Waals surface area contributed by atoms with E-state index in [9.17, 15) is 13.2 Å². The van der Waals surface area contributed by atoms with Crippen molar-refractivity contribution in [1.29, 1.82) is 0 Å². The van der Waals surface area contributed by atoms with E-state index < -0.39 is 11.7 Å². The second-order valence-electron chi connectivity index (χ2n) is 5.15. The summed E-state index contributed by atoms with van der Waals surface area (Å²) in [5.74, 6) is 0.652. The number of rotatable bonds is 6. The third-order valence-electron chi connectivity index (χ3n) is 3.30. The van der Waals surface area contributed by atoms with Gasteiger partial charge >= 0.3 is 6.18 Å². The first-order valence-corrected chi connectivity index (χ1v) is 7.65. The normalized spacial score (nSPS) is 11.8. The Hall–Kier alpha value is -1.78. The molecule has 1 aromatic heterocycles. The van der Waals surface area contributed by atoms with Gasteiger partial charge in [-0.3, -0.25) is 5.10 Å². The Morgan fingerprint density at radius 3 is 2.44 bits per heavy atom. The highest BCUT2D eigenvalue weighted by Crippen LogP contribution is 2.29. The average Bonchev–Trinajstić information content (AvgIpc) is 3.05. The first kappa shape index (κ1) is 21.3. The van der Waals surface area contributed by atoms with E-state index in [-0.39, 0.29) is 24.0 Å². The Labute approximate surface area is 161 Å². The molecule has 0 aliphatic heterocycles. The fourth-order valence-corrected chi connectivity index (χ4v) is 2.06. The molecule has 0 amide bonds. The first-order valence-electron chi connectivity index (χ1n) is 7.65. The minimum Gasteiger partial charge on any atom is -0.357 e. The summed E-state index contributed by atoms with van der Waals surface area (Å²) in [5, 5.41) is 13.0. The number of aromatic amines is 1. The molecule has 1 heterocycles. The molecule has 2 aromatic rings. The minimum atomic E-state index is -4.30. The summed E-state index contributed by atoms with van der Waals surface area (Å²) >= 11 is 0. The predicted molar refractivity (Wildman–Crippen MR) is 102 cm³/mol. The number of benzene rings is 1. The maximum absolute atomic E-state index is 12.5. The summed E-state index contributed by atoms with van der Waals surface area (Å²) in [5.41, 5.74) is 1.10. The van der Waals surface area contributed by atoms with Crippen LogP contribution in [0.2, 0.25) is 0 Å². The molecule has 0 saturated heterocycles. The second kappa shape index (κ2) is 10.3. The fraction of sp³-hybridized carbons (Fsp3) is 0.375. The van der Waals surface area contributed by atoms with E-state index in [1.54, 1.807) is 6.20 Å². The number of H-pyrrole nitrogens is 1. The van der Waals surface area contributed by atoms with E-state index in [0.29, 0.717) is 25.5 Å². The number of guanidine groups is 1. The van der Waals surface area contributed by atoms with E-state index in [4.69, 9.17) is 0 Å². The molecule has 1 aromatic carbocycles. The molecule has 0 saturated carbocycles. The van der Waals surface area contributed by atoms with Gasteiger partial charge in [-0.05, 0) is 37.1 Å². The molecule has 0 radical (unpaired) electrons. The number of nitrogens with zero attached hydrogens (tertiary/aromatic N) is 2. The van der Waals surface area contributed by atoms with Crippen molar-refractivity contribution in [3.63, 3.8) is 0 Å². The Morgan fingerprint density at radius 2 is 1.88 bits per heavy atom. The molecule has 9 heteroatoms. The van der Waals surface area contributed by atoms with Crippen LogP contribution in [0.1, 0.15) is 23.7 Å². The third kappa shape index (κ3) is 7.32. The van der Waals surface area contributed by atoms with Gasteiger partial charge in [-0.2, -0.15) is 18.3 Å². The van der Waals surface area contributed by atoms with Crippen LogP contribution in [-0.4, -0.2) is 29.2 Å². The lowest BCUT2D eigenvalue weighted by molar-refractivity contribution is -0.137. The molecule has 0 aliphatic carbocycles. The van der Waals surface area contributed by atoms with Crippen LogP contribution >= 0.6 is 24.0 Å². The minimum absolute atomic E-state index is 0. The van der Waals surface area contributed by atoms with Gasteiger partial charge in [0.05, 0.1) is 17.8 Å². The molecule has 0 unspecified atom stereocenters. The zero-order valence-electron chi connectivity index (χ0n) is 13.7. The molecular formula is C16H21F3IN5. The van der Waals surface area contributed by atoms with Crippen molar-refractivity contribution >= 4 is 29.9 Å². The van der Waals surface area contributed by atoms with E-state index >= 15 is 0 Å². The summed E-state index contributed by atoms with van der Waals surface area (Å²) in [6.45, 7) is 3.72. The van der Waals surface area contributed by atoms with E-state index in [0.717, 1.165) is 29.9 Å². The highest BCUT2D eigenvalue weighted by Gasteiger charge is 2.29. The molecule has 5 nitrogen and oxygen atoms in total. The zero-order valence-corrected chi connectivity index (χ0v) is 16.1. The lowest BCUT2D eigenvalue weighted by atomic mass is 10.1. The summed E-state index contributed by atoms with van der Waals surface area (Å²) in [4.78, 5) is 4.41. The molecule has 0 bridgehead atoms. The van der Waals surface area contributed by atoms with Crippen LogP contribution in [0, 0.1) is 0 Å². The van der Waals surface area contributed by atoms with E-state index in [1.807, 2.05) is 13.0 Å². The van der Waals surface area contributed by atoms with Gasteiger partial charge in [-0.25, -0.2) is 4.99 Å². The lowest BCUT2D eigenvalue weighted by Crippen LogP contribution is -2.38. The van der Waals surface area contributed by atoms with Gasteiger partial charge in [-0.1, -0.05) is 12.1 Å². The highest BCUT2D eigenvalue weighted by molar-refractivity contribution is 14.0. The lowest BCUT2D eigenvalue weighted by Gasteiger charge is -2.11. The standard InChI is InChI=1S/C16H20F3N5.HI/c1-2-20-15(22-11-14-8-10-23-24-14)21-9-7-12-3-5-13(6-4-12)16(17,18)19;/h3-6,8,10H,2,7,9,11H2,1H3,(H,23,24)(H2,20,21,22);1H. The smallest absolute Gasteiger partial charge is 0.357 e. The maximum atomic E-state index is 12.5. The van der Waals surface area contributed by atoms with Crippen molar-refractivity contribution < 1.29 is 13.2 Å². The van der Waals surface area contributed by atoms with Gasteiger partial charge in [0.1, 0.15) is 0 Å². The van der Waals surface area contributed by atoms with Gasteiger partial charge in [0.2, 0.25) is 0 Å². The van der Waals surface area contributed by atoms with Crippen molar-refractivity contribution in [3.05, 3.63) is 53.3 Å². The van der Waals surface area contributed by atoms with Crippen molar-refractivity contribution in [2.75, 3.05) is 13.1 Å². The monoisotopic (exact) mass is 467 g/mol. The van der Waals surface area contributed by atoms with Crippen molar-refractivity contribution in [3.8, 4) is 0 Å². The van der Waals surface area contributed by atoms with Crippen LogP contribution in [0.3, 0.4) is 0 Å². The van der Waals surface area contributed by atoms with Gasteiger partial charge in [0.25, 0.3) is 0 Å². The molecule has 25 heavy (non-hydrogen) atoms.